The first-order valence-electron chi connectivity index (χ1n) is 9.85. The first-order valence-corrected chi connectivity index (χ1v) is 9.85. The number of esters is 2. The Balaban J connectivity index is 1.80. The van der Waals surface area contributed by atoms with Gasteiger partial charge in [-0.25, -0.2) is 23.5 Å². The predicted molar refractivity (Wildman–Crippen MR) is 106 cm³/mol. The Morgan fingerprint density at radius 3 is 2.61 bits per heavy atom. The number of rotatable bonds is 7. The van der Waals surface area contributed by atoms with Crippen LogP contribution in [0.4, 0.5) is 4.39 Å². The summed E-state index contributed by atoms with van der Waals surface area (Å²) in [6.45, 7) is 1.20. The van der Waals surface area contributed by atoms with Crippen LogP contribution in [-0.4, -0.2) is 60.9 Å². The molecule has 0 saturated carbocycles. The van der Waals surface area contributed by atoms with Gasteiger partial charge in [0.1, 0.15) is 17.9 Å². The van der Waals surface area contributed by atoms with Gasteiger partial charge in [0, 0.05) is 18.5 Å². The second-order valence-electron chi connectivity index (χ2n) is 7.54. The fourth-order valence-electron chi connectivity index (χ4n) is 2.95. The topological polar surface area (TPSA) is 159 Å². The Morgan fingerprint density at radius 1 is 1.24 bits per heavy atom. The molecular weight excluding hydrogens is 445 g/mol. The highest BCUT2D eigenvalue weighted by molar-refractivity contribution is 5.86. The highest BCUT2D eigenvalue weighted by Gasteiger charge is 2.57. The van der Waals surface area contributed by atoms with E-state index in [1.807, 2.05) is 0 Å². The maximum atomic E-state index is 15.1. The molecule has 1 aliphatic rings. The number of halogens is 1. The van der Waals surface area contributed by atoms with Crippen molar-refractivity contribution in [1.82, 2.24) is 14.1 Å². The van der Waals surface area contributed by atoms with E-state index in [1.165, 1.54) is 32.2 Å². The molecule has 0 aromatic carbocycles. The summed E-state index contributed by atoms with van der Waals surface area (Å²) in [5.41, 5.74) is -2.02. The second-order valence-corrected chi connectivity index (χ2v) is 7.54. The van der Waals surface area contributed by atoms with Crippen LogP contribution in [0.5, 0.6) is 0 Å². The molecule has 0 bridgehead atoms. The van der Waals surface area contributed by atoms with Crippen molar-refractivity contribution < 1.29 is 38.4 Å². The molecule has 33 heavy (non-hydrogen) atoms. The van der Waals surface area contributed by atoms with Crippen LogP contribution < -0.4 is 11.2 Å². The van der Waals surface area contributed by atoms with Crippen molar-refractivity contribution in [3.63, 3.8) is 0 Å². The minimum atomic E-state index is -3.01. The molecule has 3 rings (SSSR count). The Kier molecular flexibility index (Phi) is 7.05. The number of hydrogen-bond donors (Lipinski definition) is 2. The molecule has 0 aliphatic carbocycles. The maximum Gasteiger partial charge on any atom is 0.358 e. The van der Waals surface area contributed by atoms with E-state index in [0.717, 1.165) is 12.3 Å². The molecule has 2 aromatic rings. The lowest BCUT2D eigenvalue weighted by atomic mass is 10.1. The summed E-state index contributed by atoms with van der Waals surface area (Å²) in [6, 6.07) is 5.38. The zero-order chi connectivity index (χ0) is 24.3. The van der Waals surface area contributed by atoms with E-state index < -0.39 is 66.7 Å². The van der Waals surface area contributed by atoms with E-state index in [2.05, 4.69) is 4.98 Å². The first-order chi connectivity index (χ1) is 15.5. The van der Waals surface area contributed by atoms with Gasteiger partial charge in [-0.05, 0) is 12.1 Å². The lowest BCUT2D eigenvalue weighted by Gasteiger charge is -2.23. The van der Waals surface area contributed by atoms with E-state index in [4.69, 9.17) is 14.2 Å². The number of aromatic nitrogens is 3. The van der Waals surface area contributed by atoms with Crippen LogP contribution in [0.2, 0.25) is 0 Å². The third kappa shape index (κ3) is 4.99. The van der Waals surface area contributed by atoms with Crippen LogP contribution in [0, 0.1) is 5.92 Å². The molecule has 4 atom stereocenters. The summed E-state index contributed by atoms with van der Waals surface area (Å²) in [4.78, 5) is 52.4. The number of carbonyl (C=O) groups is 2. The van der Waals surface area contributed by atoms with Crippen molar-refractivity contribution in [3.05, 3.63) is 63.2 Å². The zero-order valence-electron chi connectivity index (χ0n) is 17.7. The van der Waals surface area contributed by atoms with E-state index in [9.17, 15) is 29.4 Å². The van der Waals surface area contributed by atoms with Crippen LogP contribution in [0.3, 0.4) is 0 Å². The fraction of sp³-hybridized carbons (Fsp3) is 0.450. The van der Waals surface area contributed by atoms with Gasteiger partial charge in [0.25, 0.3) is 11.4 Å². The van der Waals surface area contributed by atoms with Crippen molar-refractivity contribution in [2.75, 3.05) is 6.61 Å². The van der Waals surface area contributed by atoms with Gasteiger partial charge >= 0.3 is 17.6 Å². The van der Waals surface area contributed by atoms with Crippen molar-refractivity contribution >= 4 is 11.9 Å². The standard InChI is InChI=1S/C20H22FN3O9/c1-11(2)17(28)31-9-20(21)15(27)14(26)16(33-20)23-8-6-13(25)24(19(23)30)10-32-18(29)12-5-3-4-7-22-12/h3-8,11,14-16,26-27H,9-10H2,1-2H3/t14-,15+,16-,20-/m1/s1. The molecular formula is C20H22FN3O9. The third-order valence-corrected chi connectivity index (χ3v) is 4.83. The molecule has 178 valence electrons. The normalized spacial score (nSPS) is 24.6. The molecule has 0 spiro atoms. The third-order valence-electron chi connectivity index (χ3n) is 4.83. The molecule has 0 unspecified atom stereocenters. The van der Waals surface area contributed by atoms with Gasteiger partial charge in [-0.3, -0.25) is 14.2 Å². The summed E-state index contributed by atoms with van der Waals surface area (Å²) in [6.07, 6.45) is -3.61. The van der Waals surface area contributed by atoms with Crippen molar-refractivity contribution in [3.8, 4) is 0 Å². The van der Waals surface area contributed by atoms with Crippen LogP contribution in [0.25, 0.3) is 0 Å². The molecule has 1 fully saturated rings. The summed E-state index contributed by atoms with van der Waals surface area (Å²) >= 11 is 0. The Bertz CT molecular complexity index is 1130. The molecule has 12 nitrogen and oxygen atoms in total. The number of hydrogen-bond acceptors (Lipinski definition) is 10. The Hall–Kier alpha value is -3.42. The SMILES string of the molecule is CC(C)C(=O)OC[C@@]1(F)O[C@@H](n2ccc(=O)n(COC(=O)c3ccccn3)c2=O)[C@H](O)[C@@H]1O. The molecule has 0 amide bonds. The average Bonchev–Trinajstić information content (AvgIpc) is 3.02. The van der Waals surface area contributed by atoms with Gasteiger partial charge < -0.3 is 24.4 Å². The predicted octanol–water partition coefficient (Wildman–Crippen LogP) is -0.665. The summed E-state index contributed by atoms with van der Waals surface area (Å²) in [5.74, 6) is -5.26. The van der Waals surface area contributed by atoms with Crippen LogP contribution in [-0.2, 0) is 25.7 Å². The van der Waals surface area contributed by atoms with Gasteiger partial charge in [-0.2, -0.15) is 0 Å². The lowest BCUT2D eigenvalue weighted by molar-refractivity contribution is -0.218. The van der Waals surface area contributed by atoms with E-state index in [0.29, 0.717) is 9.13 Å². The fourth-order valence-corrected chi connectivity index (χ4v) is 2.95. The number of ether oxygens (including phenoxy) is 3. The van der Waals surface area contributed by atoms with E-state index >= 15 is 4.39 Å². The lowest BCUT2D eigenvalue weighted by Crippen LogP contribution is -2.44. The number of aliphatic hydroxyl groups is 2. The van der Waals surface area contributed by atoms with Crippen LogP contribution in [0.15, 0.2) is 46.2 Å². The minimum Gasteiger partial charge on any atom is -0.459 e. The number of pyridine rings is 1. The second kappa shape index (κ2) is 9.60. The molecule has 1 aliphatic heterocycles. The van der Waals surface area contributed by atoms with Crippen molar-refractivity contribution in [1.29, 1.82) is 0 Å². The van der Waals surface area contributed by atoms with Gasteiger partial charge in [0.2, 0.25) is 0 Å². The smallest absolute Gasteiger partial charge is 0.358 e. The summed E-state index contributed by atoms with van der Waals surface area (Å²) in [7, 11) is 0. The molecule has 2 aromatic heterocycles. The number of carbonyl (C=O) groups excluding carboxylic acids is 2. The van der Waals surface area contributed by atoms with Gasteiger partial charge in [0.15, 0.2) is 19.6 Å². The monoisotopic (exact) mass is 467 g/mol. The molecule has 13 heteroatoms. The molecule has 3 heterocycles. The van der Waals surface area contributed by atoms with Gasteiger partial charge in [-0.15, -0.1) is 0 Å². The van der Waals surface area contributed by atoms with Crippen molar-refractivity contribution in [2.45, 2.75) is 44.9 Å². The largest absolute Gasteiger partial charge is 0.459 e. The average molecular weight is 467 g/mol. The van der Waals surface area contributed by atoms with Gasteiger partial charge in [-0.1, -0.05) is 19.9 Å². The summed E-state index contributed by atoms with van der Waals surface area (Å²) < 4.78 is 31.0. The first kappa shape index (κ1) is 24.2. The minimum absolute atomic E-state index is 0.0577. The van der Waals surface area contributed by atoms with Crippen LogP contribution >= 0.6 is 0 Å². The highest BCUT2D eigenvalue weighted by atomic mass is 19.2. The quantitative estimate of drug-likeness (QED) is 0.500. The number of nitrogens with zero attached hydrogens (tertiary/aromatic N) is 3. The Labute approximate surface area is 185 Å². The molecule has 2 N–H and O–H groups in total. The molecule has 1 saturated heterocycles. The number of alkyl halides is 1. The molecule has 0 radical (unpaired) electrons. The van der Waals surface area contributed by atoms with Crippen molar-refractivity contribution in [2.24, 2.45) is 5.92 Å². The van der Waals surface area contributed by atoms with E-state index in [1.54, 1.807) is 6.07 Å². The zero-order valence-corrected chi connectivity index (χ0v) is 17.7. The van der Waals surface area contributed by atoms with E-state index in [-0.39, 0.29) is 5.69 Å². The number of aliphatic hydroxyl groups excluding tert-OH is 2. The Morgan fingerprint density at radius 2 is 1.97 bits per heavy atom. The highest BCUT2D eigenvalue weighted by Crippen LogP contribution is 2.38. The maximum absolute atomic E-state index is 15.1. The summed E-state index contributed by atoms with van der Waals surface area (Å²) in [5, 5.41) is 20.4. The van der Waals surface area contributed by atoms with Crippen LogP contribution in [0.1, 0.15) is 30.6 Å². The van der Waals surface area contributed by atoms with Gasteiger partial charge in [0.05, 0.1) is 5.92 Å².